The van der Waals surface area contributed by atoms with E-state index in [1.165, 1.54) is 19.3 Å². The van der Waals surface area contributed by atoms with Crippen LogP contribution in [0.4, 0.5) is 0 Å². The molecule has 0 bridgehead atoms. The molecule has 0 aromatic carbocycles. The molecule has 1 fully saturated rings. The Morgan fingerprint density at radius 2 is 1.92 bits per heavy atom. The fourth-order valence-corrected chi connectivity index (χ4v) is 2.74. The zero-order valence-corrected chi connectivity index (χ0v) is 9.35. The summed E-state index contributed by atoms with van der Waals surface area (Å²) in [6.45, 7) is 12.0. The van der Waals surface area contributed by atoms with Crippen molar-refractivity contribution in [3.05, 3.63) is 0 Å². The fourth-order valence-electron chi connectivity index (χ4n) is 2.74. The van der Waals surface area contributed by atoms with Gasteiger partial charge in [0.25, 0.3) is 0 Å². The Kier molecular flexibility index (Phi) is 2.85. The zero-order chi connectivity index (χ0) is 9.35. The van der Waals surface area contributed by atoms with Crippen molar-refractivity contribution < 1.29 is 0 Å². The lowest BCUT2D eigenvalue weighted by Crippen LogP contribution is -2.13. The highest BCUT2D eigenvalue weighted by Gasteiger charge is 2.53. The number of hydrogen-bond donors (Lipinski definition) is 0. The van der Waals surface area contributed by atoms with Gasteiger partial charge in [-0.25, -0.2) is 0 Å². The summed E-state index contributed by atoms with van der Waals surface area (Å²) in [7, 11) is 0. The minimum Gasteiger partial charge on any atom is -0.0654 e. The summed E-state index contributed by atoms with van der Waals surface area (Å²) in [5.74, 6) is 2.85. The van der Waals surface area contributed by atoms with Gasteiger partial charge in [0.2, 0.25) is 0 Å². The van der Waals surface area contributed by atoms with E-state index in [0.29, 0.717) is 5.41 Å². The van der Waals surface area contributed by atoms with Crippen LogP contribution in [0.1, 0.15) is 53.9 Å². The molecule has 0 aromatic heterocycles. The number of hydrogen-bond acceptors (Lipinski definition) is 0. The zero-order valence-electron chi connectivity index (χ0n) is 9.35. The van der Waals surface area contributed by atoms with Gasteiger partial charge in [-0.2, -0.15) is 0 Å². The third-order valence-corrected chi connectivity index (χ3v) is 4.00. The Balaban J connectivity index is 2.43. The van der Waals surface area contributed by atoms with Crippen LogP contribution in [0.25, 0.3) is 0 Å². The van der Waals surface area contributed by atoms with E-state index >= 15 is 0 Å². The van der Waals surface area contributed by atoms with Crippen molar-refractivity contribution in [2.45, 2.75) is 53.9 Å². The van der Waals surface area contributed by atoms with Gasteiger partial charge in [0, 0.05) is 0 Å². The lowest BCUT2D eigenvalue weighted by Gasteiger charge is -2.21. The summed E-state index contributed by atoms with van der Waals surface area (Å²) in [5.41, 5.74) is 0.699. The molecule has 1 aliphatic carbocycles. The van der Waals surface area contributed by atoms with E-state index in [1.807, 2.05) is 0 Å². The SMILES string of the molecule is CCCC(C)C1(C)CC1C(C)C. The van der Waals surface area contributed by atoms with Crippen molar-refractivity contribution in [2.75, 3.05) is 0 Å². The van der Waals surface area contributed by atoms with E-state index in [-0.39, 0.29) is 0 Å². The molecule has 3 atom stereocenters. The Morgan fingerprint density at radius 1 is 1.33 bits per heavy atom. The maximum atomic E-state index is 2.48. The van der Waals surface area contributed by atoms with Crippen LogP contribution in [0.2, 0.25) is 0 Å². The lowest BCUT2D eigenvalue weighted by atomic mass is 9.84. The average molecular weight is 168 g/mol. The van der Waals surface area contributed by atoms with Gasteiger partial charge in [0.15, 0.2) is 0 Å². The quantitative estimate of drug-likeness (QED) is 0.592. The van der Waals surface area contributed by atoms with Gasteiger partial charge < -0.3 is 0 Å². The minimum atomic E-state index is 0.699. The Hall–Kier alpha value is 0. The molecule has 3 unspecified atom stereocenters. The highest BCUT2D eigenvalue weighted by molar-refractivity contribution is 5.02. The minimum absolute atomic E-state index is 0.699. The predicted molar refractivity (Wildman–Crippen MR) is 55.1 cm³/mol. The molecule has 1 rings (SSSR count). The molecular formula is C12H24. The molecule has 0 nitrogen and oxygen atoms in total. The summed E-state index contributed by atoms with van der Waals surface area (Å²) >= 11 is 0. The Labute approximate surface area is 77.7 Å². The highest BCUT2D eigenvalue weighted by atomic mass is 14.6. The van der Waals surface area contributed by atoms with Gasteiger partial charge in [-0.05, 0) is 29.6 Å². The van der Waals surface area contributed by atoms with Gasteiger partial charge in [0.05, 0.1) is 0 Å². The first-order valence-electron chi connectivity index (χ1n) is 5.52. The molecule has 0 spiro atoms. The Morgan fingerprint density at radius 3 is 2.25 bits per heavy atom. The smallest absolute Gasteiger partial charge is 0.0266 e. The van der Waals surface area contributed by atoms with Crippen LogP contribution in [0.5, 0.6) is 0 Å². The number of rotatable bonds is 4. The van der Waals surface area contributed by atoms with Gasteiger partial charge in [-0.1, -0.05) is 47.5 Å². The molecule has 0 heteroatoms. The molecular weight excluding hydrogens is 144 g/mol. The van der Waals surface area contributed by atoms with Crippen molar-refractivity contribution in [2.24, 2.45) is 23.2 Å². The van der Waals surface area contributed by atoms with Crippen molar-refractivity contribution in [1.82, 2.24) is 0 Å². The molecule has 1 aliphatic rings. The predicted octanol–water partition coefficient (Wildman–Crippen LogP) is 4.10. The summed E-state index contributed by atoms with van der Waals surface area (Å²) in [6, 6.07) is 0. The first kappa shape index (κ1) is 10.1. The molecule has 0 radical (unpaired) electrons. The summed E-state index contributed by atoms with van der Waals surface area (Å²) in [4.78, 5) is 0. The summed E-state index contributed by atoms with van der Waals surface area (Å²) in [6.07, 6.45) is 4.24. The van der Waals surface area contributed by atoms with Crippen molar-refractivity contribution in [3.63, 3.8) is 0 Å². The third-order valence-electron chi connectivity index (χ3n) is 4.00. The first-order valence-corrected chi connectivity index (χ1v) is 5.52. The largest absolute Gasteiger partial charge is 0.0654 e. The maximum Gasteiger partial charge on any atom is -0.0266 e. The van der Waals surface area contributed by atoms with Crippen LogP contribution in [0, 0.1) is 23.2 Å². The molecule has 12 heavy (non-hydrogen) atoms. The monoisotopic (exact) mass is 168 g/mol. The van der Waals surface area contributed by atoms with Crippen LogP contribution in [0.3, 0.4) is 0 Å². The molecule has 0 amide bonds. The van der Waals surface area contributed by atoms with Crippen LogP contribution in [0.15, 0.2) is 0 Å². The summed E-state index contributed by atoms with van der Waals surface area (Å²) < 4.78 is 0. The van der Waals surface area contributed by atoms with Gasteiger partial charge in [0.1, 0.15) is 0 Å². The highest BCUT2D eigenvalue weighted by Crippen LogP contribution is 2.61. The van der Waals surface area contributed by atoms with Crippen molar-refractivity contribution >= 4 is 0 Å². The van der Waals surface area contributed by atoms with Crippen LogP contribution >= 0.6 is 0 Å². The topological polar surface area (TPSA) is 0 Å². The van der Waals surface area contributed by atoms with Crippen molar-refractivity contribution in [1.29, 1.82) is 0 Å². The van der Waals surface area contributed by atoms with E-state index in [1.54, 1.807) is 0 Å². The van der Waals surface area contributed by atoms with E-state index in [4.69, 9.17) is 0 Å². The molecule has 0 aliphatic heterocycles. The van der Waals surface area contributed by atoms with Crippen LogP contribution in [-0.2, 0) is 0 Å². The van der Waals surface area contributed by atoms with Gasteiger partial charge in [-0.3, -0.25) is 0 Å². The maximum absolute atomic E-state index is 2.48. The van der Waals surface area contributed by atoms with Crippen molar-refractivity contribution in [3.8, 4) is 0 Å². The van der Waals surface area contributed by atoms with E-state index in [2.05, 4.69) is 34.6 Å². The fraction of sp³-hybridized carbons (Fsp3) is 1.00. The molecule has 0 heterocycles. The molecule has 72 valence electrons. The van der Waals surface area contributed by atoms with E-state index < -0.39 is 0 Å². The first-order chi connectivity index (χ1) is 5.52. The molecule has 0 N–H and O–H groups in total. The molecule has 0 saturated heterocycles. The van der Waals surface area contributed by atoms with Gasteiger partial charge in [-0.15, -0.1) is 0 Å². The second kappa shape index (κ2) is 3.40. The Bertz CT molecular complexity index is 148. The summed E-state index contributed by atoms with van der Waals surface area (Å²) in [5, 5.41) is 0. The van der Waals surface area contributed by atoms with E-state index in [0.717, 1.165) is 17.8 Å². The average Bonchev–Trinajstić information content (AvgIpc) is 2.65. The second-order valence-corrected chi connectivity index (χ2v) is 5.25. The lowest BCUT2D eigenvalue weighted by molar-refractivity contribution is 0.284. The second-order valence-electron chi connectivity index (χ2n) is 5.25. The van der Waals surface area contributed by atoms with Crippen LogP contribution < -0.4 is 0 Å². The molecule has 0 aromatic rings. The van der Waals surface area contributed by atoms with Crippen LogP contribution in [-0.4, -0.2) is 0 Å². The van der Waals surface area contributed by atoms with E-state index in [9.17, 15) is 0 Å². The van der Waals surface area contributed by atoms with Gasteiger partial charge >= 0.3 is 0 Å². The standard InChI is InChI=1S/C12H24/c1-6-7-10(4)12(5)8-11(12)9(2)3/h9-11H,6-8H2,1-5H3. The molecule has 1 saturated carbocycles. The normalized spacial score (nSPS) is 37.0. The third kappa shape index (κ3) is 1.67.